The van der Waals surface area contributed by atoms with Crippen LogP contribution in [0.2, 0.25) is 0 Å². The molecule has 0 aliphatic carbocycles. The molecule has 2 aromatic rings. The van der Waals surface area contributed by atoms with Crippen molar-refractivity contribution >= 4 is 34.0 Å². The molecule has 1 atom stereocenters. The summed E-state index contributed by atoms with van der Waals surface area (Å²) in [5, 5.41) is 1.85. The van der Waals surface area contributed by atoms with Gasteiger partial charge in [0, 0.05) is 41.4 Å². The van der Waals surface area contributed by atoms with E-state index in [4.69, 9.17) is 5.73 Å². The zero-order valence-corrected chi connectivity index (χ0v) is 11.3. The van der Waals surface area contributed by atoms with E-state index in [0.29, 0.717) is 5.25 Å². The highest BCUT2D eigenvalue weighted by atomic mass is 32.2. The van der Waals surface area contributed by atoms with E-state index in [-0.39, 0.29) is 0 Å². The molecule has 1 saturated heterocycles. The number of hydrogen-bond donors (Lipinski definition) is 1. The molecular formula is C14H17N3S. The Morgan fingerprint density at radius 1 is 1.39 bits per heavy atom. The number of hydrogen-bond acceptors (Lipinski definition) is 4. The van der Waals surface area contributed by atoms with Gasteiger partial charge in [-0.1, -0.05) is 6.92 Å². The van der Waals surface area contributed by atoms with Crippen LogP contribution in [0, 0.1) is 0 Å². The maximum Gasteiger partial charge on any atom is 0.0951 e. The number of benzene rings is 1. The molecule has 1 aliphatic heterocycles. The molecule has 0 bridgehead atoms. The highest BCUT2D eigenvalue weighted by molar-refractivity contribution is 8.00. The Bertz CT molecular complexity index is 570. The number of anilines is 2. The minimum absolute atomic E-state index is 0.683. The molecule has 1 aromatic carbocycles. The highest BCUT2D eigenvalue weighted by Crippen LogP contribution is 2.32. The second-order valence-corrected chi connectivity index (χ2v) is 6.25. The van der Waals surface area contributed by atoms with E-state index in [1.54, 1.807) is 6.20 Å². The third-order valence-corrected chi connectivity index (χ3v) is 4.50. The van der Waals surface area contributed by atoms with E-state index < -0.39 is 0 Å². The molecule has 3 rings (SSSR count). The second-order valence-electron chi connectivity index (χ2n) is 4.70. The molecule has 0 spiro atoms. The van der Waals surface area contributed by atoms with Crippen molar-refractivity contribution in [2.24, 2.45) is 0 Å². The molecule has 1 aromatic heterocycles. The number of rotatable bonds is 1. The first-order valence-electron chi connectivity index (χ1n) is 6.25. The summed E-state index contributed by atoms with van der Waals surface area (Å²) < 4.78 is 0. The first kappa shape index (κ1) is 11.7. The van der Waals surface area contributed by atoms with Gasteiger partial charge in [0.2, 0.25) is 0 Å². The number of fused-ring (bicyclic) bond motifs is 1. The molecule has 1 fully saturated rings. The molecule has 18 heavy (non-hydrogen) atoms. The molecular weight excluding hydrogens is 242 g/mol. The lowest BCUT2D eigenvalue weighted by atomic mass is 10.1. The fourth-order valence-electron chi connectivity index (χ4n) is 2.49. The van der Waals surface area contributed by atoms with E-state index >= 15 is 0 Å². The zero-order valence-electron chi connectivity index (χ0n) is 10.5. The van der Waals surface area contributed by atoms with Gasteiger partial charge in [-0.3, -0.25) is 4.98 Å². The smallest absolute Gasteiger partial charge is 0.0951 e. The summed E-state index contributed by atoms with van der Waals surface area (Å²) in [6.07, 6.45) is 1.80. The Balaban J connectivity index is 2.09. The SMILES string of the molecule is CC1CN(c2ccc(N)c3ncccc23)CCS1. The third kappa shape index (κ3) is 2.01. The van der Waals surface area contributed by atoms with Gasteiger partial charge in [0.15, 0.2) is 0 Å². The van der Waals surface area contributed by atoms with Crippen LogP contribution in [0.15, 0.2) is 30.5 Å². The first-order valence-corrected chi connectivity index (χ1v) is 7.30. The summed E-state index contributed by atoms with van der Waals surface area (Å²) in [5.41, 5.74) is 8.94. The molecule has 0 saturated carbocycles. The zero-order chi connectivity index (χ0) is 12.5. The summed E-state index contributed by atoms with van der Waals surface area (Å²) in [6.45, 7) is 4.48. The van der Waals surface area contributed by atoms with Crippen LogP contribution in [0.3, 0.4) is 0 Å². The van der Waals surface area contributed by atoms with Crippen LogP contribution in [0.1, 0.15) is 6.92 Å². The van der Waals surface area contributed by atoms with Crippen LogP contribution >= 0.6 is 11.8 Å². The van der Waals surface area contributed by atoms with Crippen LogP contribution in [0.4, 0.5) is 11.4 Å². The largest absolute Gasteiger partial charge is 0.397 e. The van der Waals surface area contributed by atoms with Crippen molar-refractivity contribution in [3.8, 4) is 0 Å². The lowest BCUT2D eigenvalue weighted by Gasteiger charge is -2.33. The fraction of sp³-hybridized carbons (Fsp3) is 0.357. The van der Waals surface area contributed by atoms with Gasteiger partial charge >= 0.3 is 0 Å². The number of pyridine rings is 1. The van der Waals surface area contributed by atoms with Crippen molar-refractivity contribution in [2.75, 3.05) is 29.5 Å². The van der Waals surface area contributed by atoms with Gasteiger partial charge in [0.05, 0.1) is 11.2 Å². The Hall–Kier alpha value is -1.42. The average Bonchev–Trinajstić information content (AvgIpc) is 2.39. The van der Waals surface area contributed by atoms with Crippen LogP contribution in [0.25, 0.3) is 10.9 Å². The number of aromatic nitrogens is 1. The predicted octanol–water partition coefficient (Wildman–Crippen LogP) is 2.76. The number of thioether (sulfide) groups is 1. The Morgan fingerprint density at radius 3 is 3.11 bits per heavy atom. The lowest BCUT2D eigenvalue weighted by molar-refractivity contribution is 0.786. The summed E-state index contributed by atoms with van der Waals surface area (Å²) in [6, 6.07) is 8.19. The molecule has 94 valence electrons. The summed E-state index contributed by atoms with van der Waals surface area (Å²) in [7, 11) is 0. The molecule has 0 amide bonds. The number of nitrogens with zero attached hydrogens (tertiary/aromatic N) is 2. The molecule has 1 unspecified atom stereocenters. The first-order chi connectivity index (χ1) is 8.75. The standard InChI is InChI=1S/C14H17N3S/c1-10-9-17(7-8-18-10)13-5-4-12(15)14-11(13)3-2-6-16-14/h2-6,10H,7-9,15H2,1H3. The minimum Gasteiger partial charge on any atom is -0.397 e. The maximum atomic E-state index is 6.00. The molecule has 1 aliphatic rings. The van der Waals surface area contributed by atoms with Gasteiger partial charge in [-0.15, -0.1) is 0 Å². The van der Waals surface area contributed by atoms with Gasteiger partial charge in [-0.05, 0) is 24.3 Å². The van der Waals surface area contributed by atoms with Gasteiger partial charge in [0.1, 0.15) is 0 Å². The average molecular weight is 259 g/mol. The molecule has 2 N–H and O–H groups in total. The van der Waals surface area contributed by atoms with Crippen molar-refractivity contribution in [3.63, 3.8) is 0 Å². The van der Waals surface area contributed by atoms with Crippen molar-refractivity contribution < 1.29 is 0 Å². The topological polar surface area (TPSA) is 42.1 Å². The van der Waals surface area contributed by atoms with Crippen molar-refractivity contribution in [3.05, 3.63) is 30.5 Å². The summed E-state index contributed by atoms with van der Waals surface area (Å²) in [4.78, 5) is 6.85. The van der Waals surface area contributed by atoms with E-state index in [1.165, 1.54) is 11.4 Å². The maximum absolute atomic E-state index is 6.00. The summed E-state index contributed by atoms with van der Waals surface area (Å²) in [5.74, 6) is 1.19. The van der Waals surface area contributed by atoms with Gasteiger partial charge in [-0.25, -0.2) is 0 Å². The lowest BCUT2D eigenvalue weighted by Crippen LogP contribution is -2.36. The molecule has 3 nitrogen and oxygen atoms in total. The quantitative estimate of drug-likeness (QED) is 0.800. The van der Waals surface area contributed by atoms with Gasteiger partial charge in [-0.2, -0.15) is 11.8 Å². The summed E-state index contributed by atoms with van der Waals surface area (Å²) >= 11 is 2.04. The number of nitrogen functional groups attached to an aromatic ring is 1. The highest BCUT2D eigenvalue weighted by Gasteiger charge is 2.19. The number of nitrogens with two attached hydrogens (primary N) is 1. The van der Waals surface area contributed by atoms with E-state index in [0.717, 1.165) is 29.7 Å². The minimum atomic E-state index is 0.683. The van der Waals surface area contributed by atoms with Crippen LogP contribution in [-0.4, -0.2) is 29.1 Å². The molecule has 4 heteroatoms. The second kappa shape index (κ2) is 4.69. The predicted molar refractivity (Wildman–Crippen MR) is 80.3 cm³/mol. The van der Waals surface area contributed by atoms with Crippen molar-refractivity contribution in [1.29, 1.82) is 0 Å². The van der Waals surface area contributed by atoms with Crippen LogP contribution < -0.4 is 10.6 Å². The van der Waals surface area contributed by atoms with Gasteiger partial charge in [0.25, 0.3) is 0 Å². The molecule has 2 heterocycles. The van der Waals surface area contributed by atoms with Crippen molar-refractivity contribution in [2.45, 2.75) is 12.2 Å². The normalized spacial score (nSPS) is 20.3. The van der Waals surface area contributed by atoms with E-state index in [2.05, 4.69) is 28.9 Å². The van der Waals surface area contributed by atoms with Crippen LogP contribution in [0.5, 0.6) is 0 Å². The van der Waals surface area contributed by atoms with Crippen molar-refractivity contribution in [1.82, 2.24) is 4.98 Å². The molecule has 0 radical (unpaired) electrons. The fourth-order valence-corrected chi connectivity index (χ4v) is 3.51. The third-order valence-electron chi connectivity index (χ3n) is 3.36. The Kier molecular flexibility index (Phi) is 3.04. The monoisotopic (exact) mass is 259 g/mol. The van der Waals surface area contributed by atoms with Gasteiger partial charge < -0.3 is 10.6 Å². The Labute approximate surface area is 111 Å². The Morgan fingerprint density at radius 2 is 2.28 bits per heavy atom. The van der Waals surface area contributed by atoms with Crippen LogP contribution in [-0.2, 0) is 0 Å². The van der Waals surface area contributed by atoms with E-state index in [1.807, 2.05) is 23.9 Å². The van der Waals surface area contributed by atoms with E-state index in [9.17, 15) is 0 Å².